The largest absolute Gasteiger partial charge is 0.481 e. The summed E-state index contributed by atoms with van der Waals surface area (Å²) in [4.78, 5) is 23.1. The zero-order chi connectivity index (χ0) is 15.4. The van der Waals surface area contributed by atoms with Crippen molar-refractivity contribution >= 4 is 11.9 Å². The Labute approximate surface area is 122 Å². The molecule has 1 aromatic heterocycles. The summed E-state index contributed by atoms with van der Waals surface area (Å²) < 4.78 is 1.66. The normalized spacial score (nSPS) is 16.5. The van der Waals surface area contributed by atoms with E-state index < -0.39 is 11.9 Å². The van der Waals surface area contributed by atoms with E-state index in [-0.39, 0.29) is 30.1 Å². The van der Waals surface area contributed by atoms with Crippen molar-refractivity contribution < 1.29 is 14.7 Å². The topological polar surface area (TPSA) is 109 Å². The van der Waals surface area contributed by atoms with Crippen LogP contribution in [0.4, 0.5) is 0 Å². The molecule has 8 heteroatoms. The molecule has 116 valence electrons. The number of amides is 1. The third kappa shape index (κ3) is 4.01. The average Bonchev–Trinajstić information content (AvgIpc) is 2.80. The monoisotopic (exact) mass is 295 g/mol. The molecule has 8 nitrogen and oxygen atoms in total. The maximum Gasteiger partial charge on any atom is 0.308 e. The van der Waals surface area contributed by atoms with Crippen molar-refractivity contribution in [3.8, 4) is 0 Å². The molecule has 1 unspecified atom stereocenters. The molecule has 2 heterocycles. The van der Waals surface area contributed by atoms with Gasteiger partial charge in [0.1, 0.15) is 0 Å². The first-order valence-corrected chi connectivity index (χ1v) is 7.11. The van der Waals surface area contributed by atoms with Gasteiger partial charge in [0.2, 0.25) is 0 Å². The quantitative estimate of drug-likeness (QED) is 0.648. The molecule has 0 saturated carbocycles. The number of carbonyl (C=O) groups is 2. The highest BCUT2D eigenvalue weighted by molar-refractivity contribution is 5.92. The van der Waals surface area contributed by atoms with Crippen molar-refractivity contribution in [2.45, 2.75) is 26.3 Å². The van der Waals surface area contributed by atoms with Gasteiger partial charge < -0.3 is 15.7 Å². The molecule has 1 aliphatic rings. The van der Waals surface area contributed by atoms with Crippen LogP contribution in [0.15, 0.2) is 6.20 Å². The van der Waals surface area contributed by atoms with Crippen LogP contribution < -0.4 is 10.6 Å². The van der Waals surface area contributed by atoms with Crippen LogP contribution in [0.2, 0.25) is 0 Å². The minimum absolute atomic E-state index is 0.101. The number of carboxylic acids is 1. The molecular formula is C13H21N5O3. The van der Waals surface area contributed by atoms with E-state index in [1.54, 1.807) is 10.9 Å². The molecule has 0 aromatic carbocycles. The Bertz CT molecular complexity index is 510. The molecule has 3 N–H and O–H groups in total. The zero-order valence-electron chi connectivity index (χ0n) is 12.2. The molecule has 1 saturated heterocycles. The summed E-state index contributed by atoms with van der Waals surface area (Å²) in [6.07, 6.45) is 2.12. The van der Waals surface area contributed by atoms with Crippen molar-refractivity contribution in [2.75, 3.05) is 19.6 Å². The second-order valence-corrected chi connectivity index (χ2v) is 5.77. The van der Waals surface area contributed by atoms with Gasteiger partial charge in [-0.1, -0.05) is 19.1 Å². The van der Waals surface area contributed by atoms with Crippen molar-refractivity contribution in [3.63, 3.8) is 0 Å². The zero-order valence-corrected chi connectivity index (χ0v) is 12.2. The number of nitrogens with zero attached hydrogens (tertiary/aromatic N) is 3. The lowest BCUT2D eigenvalue weighted by Crippen LogP contribution is -2.43. The Kier molecular flexibility index (Phi) is 4.89. The van der Waals surface area contributed by atoms with Crippen LogP contribution in [0.3, 0.4) is 0 Å². The molecular weight excluding hydrogens is 274 g/mol. The molecule has 1 amide bonds. The second-order valence-electron chi connectivity index (χ2n) is 5.77. The minimum atomic E-state index is -0.895. The van der Waals surface area contributed by atoms with Crippen LogP contribution >= 0.6 is 0 Å². The summed E-state index contributed by atoms with van der Waals surface area (Å²) in [5.74, 6) is -1.61. The summed E-state index contributed by atoms with van der Waals surface area (Å²) >= 11 is 0. The van der Waals surface area contributed by atoms with Crippen LogP contribution in [0.25, 0.3) is 0 Å². The molecule has 0 bridgehead atoms. The van der Waals surface area contributed by atoms with Gasteiger partial charge in [-0.2, -0.15) is 0 Å². The van der Waals surface area contributed by atoms with Gasteiger partial charge in [0.15, 0.2) is 5.69 Å². The van der Waals surface area contributed by atoms with Gasteiger partial charge in [-0.3, -0.25) is 9.59 Å². The average molecular weight is 295 g/mol. The second kappa shape index (κ2) is 6.66. The highest BCUT2D eigenvalue weighted by Gasteiger charge is 2.23. The van der Waals surface area contributed by atoms with Gasteiger partial charge >= 0.3 is 5.97 Å². The van der Waals surface area contributed by atoms with Crippen LogP contribution in [-0.2, 0) is 4.79 Å². The lowest BCUT2D eigenvalue weighted by molar-refractivity contribution is -0.142. The highest BCUT2D eigenvalue weighted by Crippen LogP contribution is 2.12. The van der Waals surface area contributed by atoms with E-state index in [9.17, 15) is 9.59 Å². The van der Waals surface area contributed by atoms with Crippen molar-refractivity contribution in [1.29, 1.82) is 0 Å². The standard InChI is InChI=1S/C13H21N5O3/c1-8(2)3-9(13(20)21)4-15-12(19)11-7-18(17-16-11)10-5-14-6-10/h7-10,14H,3-6H2,1-2H3,(H,15,19)(H,20,21). The van der Waals surface area contributed by atoms with Gasteiger partial charge in [-0.15, -0.1) is 5.10 Å². The minimum Gasteiger partial charge on any atom is -0.481 e. The maximum atomic E-state index is 12.0. The smallest absolute Gasteiger partial charge is 0.308 e. The van der Waals surface area contributed by atoms with Crippen LogP contribution in [0.5, 0.6) is 0 Å². The van der Waals surface area contributed by atoms with Gasteiger partial charge in [0.25, 0.3) is 5.91 Å². The summed E-state index contributed by atoms with van der Waals surface area (Å²) in [7, 11) is 0. The van der Waals surface area contributed by atoms with E-state index in [4.69, 9.17) is 5.11 Å². The molecule has 1 aliphatic heterocycles. The van der Waals surface area contributed by atoms with E-state index in [1.807, 2.05) is 13.8 Å². The third-order valence-corrected chi connectivity index (χ3v) is 3.49. The molecule has 2 rings (SSSR count). The SMILES string of the molecule is CC(C)CC(CNC(=O)c1cn(C2CNC2)nn1)C(=O)O. The molecule has 0 radical (unpaired) electrons. The number of carbonyl (C=O) groups excluding carboxylic acids is 1. The van der Waals surface area contributed by atoms with Gasteiger partial charge in [0.05, 0.1) is 18.2 Å². The summed E-state index contributed by atoms with van der Waals surface area (Å²) in [6.45, 7) is 5.65. The number of hydrogen-bond donors (Lipinski definition) is 3. The summed E-state index contributed by atoms with van der Waals surface area (Å²) in [6, 6.07) is 0.242. The Hall–Kier alpha value is -1.96. The fourth-order valence-corrected chi connectivity index (χ4v) is 2.17. The van der Waals surface area contributed by atoms with Crippen molar-refractivity contribution in [2.24, 2.45) is 11.8 Å². The van der Waals surface area contributed by atoms with E-state index in [1.165, 1.54) is 0 Å². The summed E-state index contributed by atoms with van der Waals surface area (Å²) in [5, 5.41) is 22.6. The predicted molar refractivity (Wildman–Crippen MR) is 74.8 cm³/mol. The van der Waals surface area contributed by atoms with E-state index >= 15 is 0 Å². The predicted octanol–water partition coefficient (Wildman–Crippen LogP) is -0.101. The number of carboxylic acid groups (broad SMARTS) is 1. The van der Waals surface area contributed by atoms with Gasteiger partial charge in [-0.25, -0.2) is 4.68 Å². The molecule has 1 aromatic rings. The number of rotatable bonds is 7. The molecule has 1 fully saturated rings. The van der Waals surface area contributed by atoms with E-state index in [0.29, 0.717) is 6.42 Å². The first-order chi connectivity index (χ1) is 9.97. The van der Waals surface area contributed by atoms with Gasteiger partial charge in [-0.05, 0) is 12.3 Å². The van der Waals surface area contributed by atoms with Crippen LogP contribution in [0, 0.1) is 11.8 Å². The van der Waals surface area contributed by atoms with E-state index in [2.05, 4.69) is 20.9 Å². The molecule has 21 heavy (non-hydrogen) atoms. The Morgan fingerprint density at radius 1 is 1.52 bits per heavy atom. The van der Waals surface area contributed by atoms with Gasteiger partial charge in [0, 0.05) is 19.6 Å². The fraction of sp³-hybridized carbons (Fsp3) is 0.692. The van der Waals surface area contributed by atoms with Crippen molar-refractivity contribution in [1.82, 2.24) is 25.6 Å². The van der Waals surface area contributed by atoms with Crippen LogP contribution in [0.1, 0.15) is 36.8 Å². The maximum absolute atomic E-state index is 12.0. The fourth-order valence-electron chi connectivity index (χ4n) is 2.17. The Morgan fingerprint density at radius 3 is 2.76 bits per heavy atom. The number of aromatic nitrogens is 3. The Morgan fingerprint density at radius 2 is 2.24 bits per heavy atom. The number of aliphatic carboxylic acids is 1. The van der Waals surface area contributed by atoms with E-state index in [0.717, 1.165) is 13.1 Å². The van der Waals surface area contributed by atoms with Crippen molar-refractivity contribution in [3.05, 3.63) is 11.9 Å². The lowest BCUT2D eigenvalue weighted by atomic mass is 9.97. The first kappa shape index (κ1) is 15.4. The van der Waals surface area contributed by atoms with Crippen LogP contribution in [-0.4, -0.2) is 51.6 Å². The molecule has 0 spiro atoms. The number of nitrogens with one attached hydrogen (secondary N) is 2. The lowest BCUT2D eigenvalue weighted by Gasteiger charge is -2.26. The molecule has 1 atom stereocenters. The third-order valence-electron chi connectivity index (χ3n) is 3.49. The number of hydrogen-bond acceptors (Lipinski definition) is 5. The Balaban J connectivity index is 1.88. The highest BCUT2D eigenvalue weighted by atomic mass is 16.4. The first-order valence-electron chi connectivity index (χ1n) is 7.11. The summed E-state index contributed by atoms with van der Waals surface area (Å²) in [5.41, 5.74) is 0.218. The molecule has 0 aliphatic carbocycles.